The van der Waals surface area contributed by atoms with Crippen LogP contribution >= 0.6 is 34.5 Å². The van der Waals surface area contributed by atoms with Crippen LogP contribution in [0, 0.1) is 0 Å². The summed E-state index contributed by atoms with van der Waals surface area (Å²) >= 11 is 13.9. The fraction of sp³-hybridized carbons (Fsp3) is 0.121. The monoisotopic (exact) mass is 613 g/mol. The predicted octanol–water partition coefficient (Wildman–Crippen LogP) is 8.23. The molecule has 0 spiro atoms. The van der Waals surface area contributed by atoms with Gasteiger partial charge >= 0.3 is 5.97 Å². The van der Waals surface area contributed by atoms with Gasteiger partial charge in [-0.1, -0.05) is 71.7 Å². The molecule has 6 nitrogen and oxygen atoms in total. The number of carboxylic acids is 1. The lowest BCUT2D eigenvalue weighted by molar-refractivity contribution is -0.136. The molecule has 1 aliphatic rings. The molecule has 9 heteroatoms. The van der Waals surface area contributed by atoms with Gasteiger partial charge in [0.2, 0.25) is 0 Å². The van der Waals surface area contributed by atoms with Crippen LogP contribution in [0.25, 0.3) is 22.4 Å². The van der Waals surface area contributed by atoms with Gasteiger partial charge in [-0.15, -0.1) is 11.3 Å². The number of carbonyl (C=O) groups excluding carboxylic acids is 1. The van der Waals surface area contributed by atoms with E-state index in [9.17, 15) is 9.59 Å². The third-order valence-electron chi connectivity index (χ3n) is 7.20. The van der Waals surface area contributed by atoms with E-state index in [0.717, 1.165) is 34.1 Å². The predicted molar refractivity (Wildman–Crippen MR) is 169 cm³/mol. The maximum absolute atomic E-state index is 12.5. The summed E-state index contributed by atoms with van der Waals surface area (Å²) in [6.45, 7) is 0.642. The van der Waals surface area contributed by atoms with Crippen molar-refractivity contribution in [2.24, 2.45) is 0 Å². The zero-order chi connectivity index (χ0) is 29.2. The molecule has 0 unspecified atom stereocenters. The Bertz CT molecular complexity index is 1800. The molecule has 0 aliphatic heterocycles. The molecular formula is C33H25Cl2N3O3S. The summed E-state index contributed by atoms with van der Waals surface area (Å²) in [4.78, 5) is 30.4. The van der Waals surface area contributed by atoms with Crippen LogP contribution in [0.2, 0.25) is 10.0 Å². The second-order valence-corrected chi connectivity index (χ2v) is 11.7. The van der Waals surface area contributed by atoms with Crippen molar-refractivity contribution in [1.82, 2.24) is 10.3 Å². The number of anilines is 2. The molecule has 4 aromatic carbocycles. The molecule has 0 radical (unpaired) electrons. The number of aliphatic carboxylic acids is 1. The van der Waals surface area contributed by atoms with Gasteiger partial charge in [-0.05, 0) is 70.6 Å². The molecule has 0 atom stereocenters. The van der Waals surface area contributed by atoms with Crippen molar-refractivity contribution in [1.29, 1.82) is 0 Å². The molecule has 0 saturated heterocycles. The molecule has 0 saturated carbocycles. The lowest BCUT2D eigenvalue weighted by Crippen LogP contribution is -2.26. The molecule has 2 N–H and O–H groups in total. The topological polar surface area (TPSA) is 82.5 Å². The number of aromatic nitrogens is 1. The fourth-order valence-corrected chi connectivity index (χ4v) is 6.25. The van der Waals surface area contributed by atoms with Gasteiger partial charge < -0.3 is 15.3 Å². The highest BCUT2D eigenvalue weighted by Gasteiger charge is 2.21. The second-order valence-electron chi connectivity index (χ2n) is 10.0. The highest BCUT2D eigenvalue weighted by atomic mass is 35.5. The number of carboxylic acid groups (broad SMARTS) is 1. The SMILES string of the molecule is O=C(O)CCNC(=O)c1ccc(N(Cc2ccc3c(c2)Cc2ccccc2-3)c2nc(-c3ccc(Cl)c(Cl)c3)cs2)cc1. The average Bonchev–Trinajstić information content (AvgIpc) is 3.62. The Hall–Kier alpha value is -4.17. The highest BCUT2D eigenvalue weighted by molar-refractivity contribution is 7.14. The Morgan fingerprint density at radius 2 is 1.69 bits per heavy atom. The number of halogens is 2. The quantitative estimate of drug-likeness (QED) is 0.172. The number of hydrogen-bond donors (Lipinski definition) is 2. The van der Waals surface area contributed by atoms with Gasteiger partial charge in [0.25, 0.3) is 5.91 Å². The molecule has 1 aromatic heterocycles. The molecule has 6 rings (SSSR count). The number of carbonyl (C=O) groups is 2. The van der Waals surface area contributed by atoms with Gasteiger partial charge in [-0.3, -0.25) is 9.59 Å². The summed E-state index contributed by atoms with van der Waals surface area (Å²) in [5, 5.41) is 15.2. The van der Waals surface area contributed by atoms with Crippen LogP contribution in [-0.4, -0.2) is 28.5 Å². The van der Waals surface area contributed by atoms with Crippen LogP contribution in [0.5, 0.6) is 0 Å². The molecular weight excluding hydrogens is 589 g/mol. The largest absolute Gasteiger partial charge is 0.481 e. The van der Waals surface area contributed by atoms with E-state index in [1.54, 1.807) is 18.2 Å². The summed E-state index contributed by atoms with van der Waals surface area (Å²) in [5.74, 6) is -1.27. The number of nitrogens with one attached hydrogen (secondary N) is 1. The van der Waals surface area contributed by atoms with Crippen LogP contribution in [0.1, 0.15) is 33.5 Å². The van der Waals surface area contributed by atoms with E-state index in [0.29, 0.717) is 22.2 Å². The second kappa shape index (κ2) is 12.0. The van der Waals surface area contributed by atoms with E-state index in [4.69, 9.17) is 33.3 Å². The van der Waals surface area contributed by atoms with Crippen molar-refractivity contribution in [2.45, 2.75) is 19.4 Å². The Balaban J connectivity index is 1.30. The van der Waals surface area contributed by atoms with Gasteiger partial charge in [-0.2, -0.15) is 0 Å². The lowest BCUT2D eigenvalue weighted by Gasteiger charge is -2.23. The Morgan fingerprint density at radius 3 is 2.48 bits per heavy atom. The molecule has 1 aliphatic carbocycles. The standard InChI is InChI=1S/C33H25Cl2N3O3S/c34-28-12-8-23(17-29(28)35)30-19-42-33(37-30)38(25-9-6-21(7-10-25)32(41)36-14-13-31(39)40)18-20-5-11-27-24(15-20)16-22-3-1-2-4-26(22)27/h1-12,15,17,19H,13-14,16,18H2,(H,36,41)(H,39,40). The van der Waals surface area contributed by atoms with E-state index in [2.05, 4.69) is 52.7 Å². The summed E-state index contributed by atoms with van der Waals surface area (Å²) in [6, 6.07) is 27.9. The van der Waals surface area contributed by atoms with Gasteiger partial charge in [0.15, 0.2) is 5.13 Å². The van der Waals surface area contributed by atoms with E-state index in [-0.39, 0.29) is 18.9 Å². The van der Waals surface area contributed by atoms with Gasteiger partial charge in [0, 0.05) is 28.7 Å². The number of fused-ring (bicyclic) bond motifs is 3. The van der Waals surface area contributed by atoms with Crippen LogP contribution in [0.15, 0.2) is 90.3 Å². The van der Waals surface area contributed by atoms with E-state index in [1.165, 1.54) is 33.6 Å². The smallest absolute Gasteiger partial charge is 0.305 e. The first-order chi connectivity index (χ1) is 20.4. The van der Waals surface area contributed by atoms with E-state index >= 15 is 0 Å². The third kappa shape index (κ3) is 5.90. The number of nitrogens with zero attached hydrogens (tertiary/aromatic N) is 2. The summed E-state index contributed by atoms with van der Waals surface area (Å²) in [6.07, 6.45) is 0.776. The molecule has 210 valence electrons. The number of benzene rings is 4. The zero-order valence-electron chi connectivity index (χ0n) is 22.3. The minimum absolute atomic E-state index is 0.0703. The van der Waals surface area contributed by atoms with Gasteiger partial charge in [0.1, 0.15) is 0 Å². The molecule has 1 heterocycles. The van der Waals surface area contributed by atoms with Crippen LogP contribution < -0.4 is 10.2 Å². The van der Waals surface area contributed by atoms with Gasteiger partial charge in [-0.25, -0.2) is 4.98 Å². The molecule has 0 fully saturated rings. The van der Waals surface area contributed by atoms with Crippen molar-refractivity contribution in [3.8, 4) is 22.4 Å². The number of thiazole rings is 1. The van der Waals surface area contributed by atoms with Crippen LogP contribution in [0.3, 0.4) is 0 Å². The molecule has 5 aromatic rings. The average molecular weight is 615 g/mol. The first kappa shape index (κ1) is 28.0. The summed E-state index contributed by atoms with van der Waals surface area (Å²) in [5.41, 5.74) is 9.33. The summed E-state index contributed by atoms with van der Waals surface area (Å²) < 4.78 is 0. The molecule has 1 amide bonds. The Kier molecular flexibility index (Phi) is 7.98. The number of rotatable bonds is 9. The van der Waals surface area contributed by atoms with E-state index in [1.807, 2.05) is 29.6 Å². The minimum atomic E-state index is -0.958. The van der Waals surface area contributed by atoms with E-state index < -0.39 is 5.97 Å². The van der Waals surface area contributed by atoms with Crippen molar-refractivity contribution in [2.75, 3.05) is 11.4 Å². The molecule has 42 heavy (non-hydrogen) atoms. The lowest BCUT2D eigenvalue weighted by atomic mass is 10.0. The Labute approximate surface area is 257 Å². The van der Waals surface area contributed by atoms with Crippen LogP contribution in [-0.2, 0) is 17.8 Å². The van der Waals surface area contributed by atoms with Crippen molar-refractivity contribution in [3.05, 3.63) is 123 Å². The Morgan fingerprint density at radius 1 is 0.905 bits per heavy atom. The zero-order valence-corrected chi connectivity index (χ0v) is 24.6. The fourth-order valence-electron chi connectivity index (χ4n) is 5.10. The first-order valence-corrected chi connectivity index (χ1v) is 15.0. The summed E-state index contributed by atoms with van der Waals surface area (Å²) in [7, 11) is 0. The molecule has 0 bridgehead atoms. The van der Waals surface area contributed by atoms with Crippen molar-refractivity contribution in [3.63, 3.8) is 0 Å². The number of hydrogen-bond acceptors (Lipinski definition) is 5. The van der Waals surface area contributed by atoms with Crippen molar-refractivity contribution < 1.29 is 14.7 Å². The van der Waals surface area contributed by atoms with Gasteiger partial charge in [0.05, 0.1) is 28.7 Å². The normalized spacial score (nSPS) is 11.6. The maximum Gasteiger partial charge on any atom is 0.305 e. The highest BCUT2D eigenvalue weighted by Crippen LogP contribution is 2.39. The third-order valence-corrected chi connectivity index (χ3v) is 8.81. The first-order valence-electron chi connectivity index (χ1n) is 13.3. The van der Waals surface area contributed by atoms with Crippen LogP contribution in [0.4, 0.5) is 10.8 Å². The maximum atomic E-state index is 12.5. The van der Waals surface area contributed by atoms with Crippen molar-refractivity contribution >= 4 is 57.2 Å². The minimum Gasteiger partial charge on any atom is -0.481 e. The number of amides is 1.